The molecule has 0 aromatic heterocycles. The van der Waals surface area contributed by atoms with Crippen LogP contribution < -0.4 is 0 Å². The Morgan fingerprint density at radius 2 is 0.543 bits per heavy atom. The van der Waals surface area contributed by atoms with E-state index in [1.807, 2.05) is 0 Å². The molecular formula is C75H146O17P2. The van der Waals surface area contributed by atoms with Crippen molar-refractivity contribution < 1.29 is 80.2 Å². The van der Waals surface area contributed by atoms with Gasteiger partial charge in [-0.2, -0.15) is 0 Å². The summed E-state index contributed by atoms with van der Waals surface area (Å²) in [5.74, 6) is 0.0884. The van der Waals surface area contributed by atoms with Crippen molar-refractivity contribution in [3.05, 3.63) is 0 Å². The molecule has 0 aliphatic heterocycles. The van der Waals surface area contributed by atoms with Crippen molar-refractivity contribution in [2.24, 2.45) is 17.8 Å². The van der Waals surface area contributed by atoms with E-state index in [0.717, 1.165) is 114 Å². The second kappa shape index (κ2) is 65.7. The fourth-order valence-electron chi connectivity index (χ4n) is 11.4. The van der Waals surface area contributed by atoms with Crippen LogP contribution in [-0.4, -0.2) is 96.7 Å². The van der Waals surface area contributed by atoms with Gasteiger partial charge in [-0.3, -0.25) is 37.3 Å². The van der Waals surface area contributed by atoms with Crippen LogP contribution >= 0.6 is 15.6 Å². The zero-order chi connectivity index (χ0) is 69.4. The molecule has 0 aliphatic rings. The number of aliphatic hydroxyl groups is 1. The smallest absolute Gasteiger partial charge is 0.462 e. The van der Waals surface area contributed by atoms with E-state index >= 15 is 0 Å². The predicted molar refractivity (Wildman–Crippen MR) is 381 cm³/mol. The summed E-state index contributed by atoms with van der Waals surface area (Å²) in [5, 5.41) is 10.6. The topological polar surface area (TPSA) is 237 Å². The monoisotopic (exact) mass is 1380 g/mol. The molecule has 0 aromatic rings. The molecule has 0 fully saturated rings. The first-order valence-corrected chi connectivity index (χ1v) is 41.9. The Kier molecular flexibility index (Phi) is 64.3. The molecule has 0 spiro atoms. The largest absolute Gasteiger partial charge is 0.472 e. The summed E-state index contributed by atoms with van der Waals surface area (Å²) >= 11 is 0. The Morgan fingerprint density at radius 1 is 0.309 bits per heavy atom. The number of phosphoric ester groups is 2. The molecule has 17 nitrogen and oxygen atoms in total. The first-order valence-electron chi connectivity index (χ1n) is 38.9. The quantitative estimate of drug-likeness (QED) is 0.0222. The lowest BCUT2D eigenvalue weighted by molar-refractivity contribution is -0.161. The molecule has 0 rings (SSSR count). The summed E-state index contributed by atoms with van der Waals surface area (Å²) in [4.78, 5) is 72.7. The van der Waals surface area contributed by atoms with E-state index in [4.69, 9.17) is 37.0 Å². The number of rotatable bonds is 73. The van der Waals surface area contributed by atoms with Crippen molar-refractivity contribution in [2.75, 3.05) is 39.6 Å². The molecule has 0 saturated heterocycles. The second-order valence-corrected chi connectivity index (χ2v) is 31.1. The molecule has 0 bridgehead atoms. The Hall–Kier alpha value is -1.94. The number of aliphatic hydroxyl groups excluding tert-OH is 1. The van der Waals surface area contributed by atoms with Crippen LogP contribution in [0.2, 0.25) is 0 Å². The minimum Gasteiger partial charge on any atom is -0.462 e. The molecule has 558 valence electrons. The van der Waals surface area contributed by atoms with Gasteiger partial charge in [0.05, 0.1) is 26.4 Å². The highest BCUT2D eigenvalue weighted by Gasteiger charge is 2.30. The molecule has 6 atom stereocenters. The van der Waals surface area contributed by atoms with Gasteiger partial charge in [-0.15, -0.1) is 0 Å². The third-order valence-corrected chi connectivity index (χ3v) is 19.6. The third kappa shape index (κ3) is 67.3. The highest BCUT2D eigenvalue weighted by molar-refractivity contribution is 7.47. The van der Waals surface area contributed by atoms with Crippen LogP contribution in [0.15, 0.2) is 0 Å². The Balaban J connectivity index is 5.21. The van der Waals surface area contributed by atoms with Crippen molar-refractivity contribution in [3.63, 3.8) is 0 Å². The lowest BCUT2D eigenvalue weighted by Crippen LogP contribution is -2.30. The highest BCUT2D eigenvalue weighted by atomic mass is 31.2. The fourth-order valence-corrected chi connectivity index (χ4v) is 13.0. The molecule has 0 aromatic carbocycles. The molecule has 0 amide bonds. The lowest BCUT2D eigenvalue weighted by Gasteiger charge is -2.21. The molecule has 3 unspecified atom stereocenters. The number of unbranched alkanes of at least 4 members (excludes halogenated alkanes) is 40. The predicted octanol–water partition coefficient (Wildman–Crippen LogP) is 21.8. The first kappa shape index (κ1) is 92.1. The minimum atomic E-state index is -4.96. The Morgan fingerprint density at radius 3 is 0.809 bits per heavy atom. The first-order chi connectivity index (χ1) is 45.3. The summed E-state index contributed by atoms with van der Waals surface area (Å²) in [5.41, 5.74) is 0. The molecule has 0 heterocycles. The van der Waals surface area contributed by atoms with Crippen molar-refractivity contribution in [2.45, 2.75) is 401 Å². The summed E-state index contributed by atoms with van der Waals surface area (Å²) in [6.45, 7) is 11.8. The number of carbonyl (C=O) groups excluding carboxylic acids is 4. The molecular weight excluding hydrogens is 1230 g/mol. The van der Waals surface area contributed by atoms with Gasteiger partial charge >= 0.3 is 39.5 Å². The zero-order valence-electron chi connectivity index (χ0n) is 61.4. The lowest BCUT2D eigenvalue weighted by atomic mass is 10.00. The van der Waals surface area contributed by atoms with E-state index in [0.29, 0.717) is 25.7 Å². The molecule has 3 N–H and O–H groups in total. The van der Waals surface area contributed by atoms with E-state index in [2.05, 4.69) is 48.5 Å². The number of hydrogen-bond acceptors (Lipinski definition) is 15. The molecule has 19 heteroatoms. The van der Waals surface area contributed by atoms with Gasteiger partial charge in [0.2, 0.25) is 0 Å². The maximum absolute atomic E-state index is 13.1. The SMILES string of the molecule is CCCCCCCCCCCCCCCCCCCCCCC(=O)O[C@H](COC(=O)CCCCCCCCCCCC(C)C)COP(=O)(O)OC[C@@H](O)COP(=O)(O)OC[C@@H](COC(=O)CCCCCCCCC(C)CC)OC(=O)CCCCCCCCCCCC(C)C. The van der Waals surface area contributed by atoms with Gasteiger partial charge in [-0.1, -0.05) is 331 Å². The van der Waals surface area contributed by atoms with Gasteiger partial charge in [0.1, 0.15) is 19.3 Å². The molecule has 0 saturated carbocycles. The summed E-state index contributed by atoms with van der Waals surface area (Å²) < 4.78 is 68.4. The summed E-state index contributed by atoms with van der Waals surface area (Å²) in [6.07, 6.45) is 51.5. The Bertz CT molecular complexity index is 1840. The van der Waals surface area contributed by atoms with Crippen molar-refractivity contribution in [1.29, 1.82) is 0 Å². The maximum atomic E-state index is 13.1. The van der Waals surface area contributed by atoms with Crippen LogP contribution in [0.3, 0.4) is 0 Å². The van der Waals surface area contributed by atoms with Crippen LogP contribution in [0.4, 0.5) is 0 Å². The molecule has 94 heavy (non-hydrogen) atoms. The van der Waals surface area contributed by atoms with Gasteiger partial charge in [0, 0.05) is 25.7 Å². The van der Waals surface area contributed by atoms with Crippen LogP contribution in [-0.2, 0) is 65.4 Å². The van der Waals surface area contributed by atoms with Gasteiger partial charge in [0.25, 0.3) is 0 Å². The van der Waals surface area contributed by atoms with Gasteiger partial charge in [0.15, 0.2) is 12.2 Å². The van der Waals surface area contributed by atoms with Crippen molar-refractivity contribution in [1.82, 2.24) is 0 Å². The molecule has 0 aliphatic carbocycles. The van der Waals surface area contributed by atoms with Gasteiger partial charge in [-0.25, -0.2) is 9.13 Å². The number of esters is 4. The van der Waals surface area contributed by atoms with Crippen molar-refractivity contribution in [3.8, 4) is 0 Å². The van der Waals surface area contributed by atoms with Crippen molar-refractivity contribution >= 4 is 39.5 Å². The van der Waals surface area contributed by atoms with E-state index in [-0.39, 0.29) is 25.7 Å². The fraction of sp³-hybridized carbons (Fsp3) is 0.947. The minimum absolute atomic E-state index is 0.104. The molecule has 0 radical (unpaired) electrons. The van der Waals surface area contributed by atoms with Crippen LogP contribution in [0.5, 0.6) is 0 Å². The van der Waals surface area contributed by atoms with Crippen LogP contribution in [0.1, 0.15) is 382 Å². The summed E-state index contributed by atoms with van der Waals surface area (Å²) in [6, 6.07) is 0. The van der Waals surface area contributed by atoms with Crippen LogP contribution in [0, 0.1) is 17.8 Å². The van der Waals surface area contributed by atoms with E-state index < -0.39 is 97.5 Å². The van der Waals surface area contributed by atoms with Gasteiger partial charge < -0.3 is 33.8 Å². The normalized spacial score (nSPS) is 14.4. The van der Waals surface area contributed by atoms with Gasteiger partial charge in [-0.05, 0) is 43.4 Å². The number of hydrogen-bond donors (Lipinski definition) is 3. The third-order valence-electron chi connectivity index (χ3n) is 17.7. The number of ether oxygens (including phenoxy) is 4. The summed E-state index contributed by atoms with van der Waals surface area (Å²) in [7, 11) is -9.91. The highest BCUT2D eigenvalue weighted by Crippen LogP contribution is 2.45. The van der Waals surface area contributed by atoms with E-state index in [9.17, 15) is 43.2 Å². The van der Waals surface area contributed by atoms with E-state index in [1.165, 1.54) is 186 Å². The average Bonchev–Trinajstić information content (AvgIpc) is 2.34. The van der Waals surface area contributed by atoms with E-state index in [1.54, 1.807) is 0 Å². The Labute approximate surface area is 575 Å². The number of phosphoric acid groups is 2. The average molecular weight is 1380 g/mol. The number of carbonyl (C=O) groups is 4. The standard InChI is InChI=1S/C75H146O17P2/c1-8-10-11-12-13-14-15-16-17-18-19-20-21-22-23-24-29-35-44-51-58-74(79)91-70(62-85-72(77)56-49-42-34-30-25-27-32-39-46-53-66(3)4)64-89-93(81,82)87-60-69(76)61-88-94(83,84)90-65-71(63-86-73(78)57-50-43-38-37-41-48-55-68(7)9-2)92-75(80)59-52-45-36-31-26-28-33-40-47-54-67(5)6/h66-71,76H,8-65H2,1-7H3,(H,81,82)(H,83,84)/t68?,69-,70-,71-/m1/s1. The van der Waals surface area contributed by atoms with Crippen LogP contribution in [0.25, 0.3) is 0 Å². The maximum Gasteiger partial charge on any atom is 0.472 e. The zero-order valence-corrected chi connectivity index (χ0v) is 63.2. The second-order valence-electron chi connectivity index (χ2n) is 28.2.